The summed E-state index contributed by atoms with van der Waals surface area (Å²) in [5.41, 5.74) is -0.434. The molecule has 15 heavy (non-hydrogen) atoms. The topological polar surface area (TPSA) is 37.3 Å². The van der Waals surface area contributed by atoms with E-state index in [0.29, 0.717) is 5.92 Å². The summed E-state index contributed by atoms with van der Waals surface area (Å²) in [6.07, 6.45) is 10.5. The molecule has 1 N–H and O–H groups in total. The maximum Gasteiger partial charge on any atom is 0.310 e. The molecule has 2 aliphatic carbocycles. The van der Waals surface area contributed by atoms with Crippen LogP contribution in [0.1, 0.15) is 45.4 Å². The van der Waals surface area contributed by atoms with E-state index in [1.165, 1.54) is 0 Å². The van der Waals surface area contributed by atoms with Gasteiger partial charge in [0.15, 0.2) is 0 Å². The molecule has 3 unspecified atom stereocenters. The molecule has 0 spiro atoms. The zero-order valence-corrected chi connectivity index (χ0v) is 9.41. The van der Waals surface area contributed by atoms with Gasteiger partial charge >= 0.3 is 5.97 Å². The third-order valence-corrected chi connectivity index (χ3v) is 4.19. The smallest absolute Gasteiger partial charge is 0.310 e. The van der Waals surface area contributed by atoms with Crippen LogP contribution in [0.3, 0.4) is 0 Å². The maximum atomic E-state index is 11.5. The molecule has 84 valence electrons. The quantitative estimate of drug-likeness (QED) is 0.707. The maximum absolute atomic E-state index is 11.5. The average molecular weight is 208 g/mol. The van der Waals surface area contributed by atoms with Gasteiger partial charge < -0.3 is 5.11 Å². The molecule has 0 aromatic carbocycles. The van der Waals surface area contributed by atoms with Crippen molar-refractivity contribution >= 4 is 5.97 Å². The van der Waals surface area contributed by atoms with Gasteiger partial charge in [-0.3, -0.25) is 4.79 Å². The molecule has 2 nitrogen and oxygen atoms in total. The first-order valence-corrected chi connectivity index (χ1v) is 6.05. The lowest BCUT2D eigenvalue weighted by Gasteiger charge is -2.33. The first-order chi connectivity index (χ1) is 7.15. The van der Waals surface area contributed by atoms with Crippen LogP contribution in [0.4, 0.5) is 0 Å². The predicted molar refractivity (Wildman–Crippen MR) is 59.6 cm³/mol. The van der Waals surface area contributed by atoms with Crippen LogP contribution in [-0.2, 0) is 4.79 Å². The van der Waals surface area contributed by atoms with Gasteiger partial charge in [-0.1, -0.05) is 19.1 Å². The second-order valence-corrected chi connectivity index (χ2v) is 5.27. The van der Waals surface area contributed by atoms with Crippen LogP contribution >= 0.6 is 0 Å². The van der Waals surface area contributed by atoms with E-state index in [1.54, 1.807) is 0 Å². The Balaban J connectivity index is 2.22. The predicted octanol–water partition coefficient (Wildman–Crippen LogP) is 3.23. The summed E-state index contributed by atoms with van der Waals surface area (Å²) in [7, 11) is 0. The van der Waals surface area contributed by atoms with Gasteiger partial charge in [-0.25, -0.2) is 0 Å². The van der Waals surface area contributed by atoms with Crippen LogP contribution in [0, 0.1) is 17.3 Å². The second kappa shape index (κ2) is 3.99. The first kappa shape index (κ1) is 10.7. The molecule has 2 aliphatic rings. The van der Waals surface area contributed by atoms with Crippen molar-refractivity contribution in [3.63, 3.8) is 0 Å². The number of aliphatic carboxylic acids is 1. The van der Waals surface area contributed by atoms with E-state index in [1.807, 2.05) is 0 Å². The van der Waals surface area contributed by atoms with E-state index in [4.69, 9.17) is 0 Å². The summed E-state index contributed by atoms with van der Waals surface area (Å²) < 4.78 is 0. The van der Waals surface area contributed by atoms with Gasteiger partial charge in [-0.2, -0.15) is 0 Å². The van der Waals surface area contributed by atoms with E-state index >= 15 is 0 Å². The molecular weight excluding hydrogens is 188 g/mol. The largest absolute Gasteiger partial charge is 0.481 e. The molecule has 1 saturated carbocycles. The fourth-order valence-electron chi connectivity index (χ4n) is 3.29. The Hall–Kier alpha value is -0.790. The van der Waals surface area contributed by atoms with Crippen LogP contribution < -0.4 is 0 Å². The number of hydrogen-bond donors (Lipinski definition) is 1. The van der Waals surface area contributed by atoms with Crippen molar-refractivity contribution in [2.75, 3.05) is 0 Å². The van der Waals surface area contributed by atoms with Gasteiger partial charge in [0.05, 0.1) is 5.41 Å². The normalized spacial score (nSPS) is 40.6. The summed E-state index contributed by atoms with van der Waals surface area (Å²) in [6, 6.07) is 0. The van der Waals surface area contributed by atoms with Crippen LogP contribution in [-0.4, -0.2) is 11.1 Å². The van der Waals surface area contributed by atoms with Gasteiger partial charge in [-0.05, 0) is 50.4 Å². The summed E-state index contributed by atoms with van der Waals surface area (Å²) in [5.74, 6) is 0.300. The number of rotatable bonds is 2. The Morgan fingerprint density at radius 3 is 2.73 bits per heavy atom. The standard InChI is InChI=1S/C13H20O2/c1-10-7-8-13(9-10,12(14)15)11-5-3-2-4-6-11/h3,5,10-11H,2,4,6-9H2,1H3,(H,14,15). The third-order valence-electron chi connectivity index (χ3n) is 4.19. The van der Waals surface area contributed by atoms with Crippen molar-refractivity contribution < 1.29 is 9.90 Å². The fourth-order valence-corrected chi connectivity index (χ4v) is 3.29. The van der Waals surface area contributed by atoms with Gasteiger partial charge in [-0.15, -0.1) is 0 Å². The lowest BCUT2D eigenvalue weighted by Crippen LogP contribution is -2.36. The second-order valence-electron chi connectivity index (χ2n) is 5.27. The van der Waals surface area contributed by atoms with Gasteiger partial charge in [0.2, 0.25) is 0 Å². The number of carboxylic acid groups (broad SMARTS) is 1. The highest BCUT2D eigenvalue weighted by atomic mass is 16.4. The fraction of sp³-hybridized carbons (Fsp3) is 0.769. The molecule has 0 bridgehead atoms. The van der Waals surface area contributed by atoms with Crippen LogP contribution in [0.2, 0.25) is 0 Å². The van der Waals surface area contributed by atoms with Crippen molar-refractivity contribution in [3.05, 3.63) is 12.2 Å². The van der Waals surface area contributed by atoms with Crippen LogP contribution in [0.25, 0.3) is 0 Å². The molecule has 1 fully saturated rings. The molecule has 0 amide bonds. The SMILES string of the molecule is CC1CCC(C(=O)O)(C2C=CCCC2)C1. The highest BCUT2D eigenvalue weighted by Crippen LogP contribution is 2.50. The molecule has 0 aromatic heterocycles. The molecule has 0 saturated heterocycles. The van der Waals surface area contributed by atoms with Crippen LogP contribution in [0.5, 0.6) is 0 Å². The van der Waals surface area contributed by atoms with Crippen molar-refractivity contribution in [2.45, 2.75) is 45.4 Å². The highest BCUT2D eigenvalue weighted by molar-refractivity contribution is 5.76. The molecule has 0 aliphatic heterocycles. The van der Waals surface area contributed by atoms with E-state index in [2.05, 4.69) is 19.1 Å². The number of carboxylic acids is 1. The minimum absolute atomic E-state index is 0.286. The Bertz CT molecular complexity index is 282. The van der Waals surface area contributed by atoms with E-state index in [9.17, 15) is 9.90 Å². The molecule has 2 rings (SSSR count). The van der Waals surface area contributed by atoms with Crippen molar-refractivity contribution in [2.24, 2.45) is 17.3 Å². The molecule has 3 atom stereocenters. The lowest BCUT2D eigenvalue weighted by atomic mass is 9.70. The average Bonchev–Trinajstić information content (AvgIpc) is 2.63. The molecular formula is C13H20O2. The first-order valence-electron chi connectivity index (χ1n) is 6.05. The monoisotopic (exact) mass is 208 g/mol. The summed E-state index contributed by atoms with van der Waals surface area (Å²) >= 11 is 0. The molecule has 2 heteroatoms. The summed E-state index contributed by atoms with van der Waals surface area (Å²) in [6.45, 7) is 2.18. The van der Waals surface area contributed by atoms with E-state index < -0.39 is 11.4 Å². The zero-order valence-electron chi connectivity index (χ0n) is 9.41. The van der Waals surface area contributed by atoms with Crippen molar-refractivity contribution in [1.82, 2.24) is 0 Å². The minimum Gasteiger partial charge on any atom is -0.481 e. The molecule has 0 heterocycles. The van der Waals surface area contributed by atoms with Gasteiger partial charge in [0, 0.05) is 0 Å². The van der Waals surface area contributed by atoms with E-state index in [0.717, 1.165) is 38.5 Å². The third kappa shape index (κ3) is 1.82. The Kier molecular flexibility index (Phi) is 2.85. The Labute approximate surface area is 91.4 Å². The van der Waals surface area contributed by atoms with Crippen LogP contribution in [0.15, 0.2) is 12.2 Å². The van der Waals surface area contributed by atoms with Crippen molar-refractivity contribution in [3.8, 4) is 0 Å². The van der Waals surface area contributed by atoms with Gasteiger partial charge in [0.1, 0.15) is 0 Å². The Morgan fingerprint density at radius 2 is 2.27 bits per heavy atom. The summed E-state index contributed by atoms with van der Waals surface area (Å²) in [4.78, 5) is 11.5. The van der Waals surface area contributed by atoms with E-state index in [-0.39, 0.29) is 5.92 Å². The molecule has 0 radical (unpaired) electrons. The number of allylic oxidation sites excluding steroid dienone is 2. The molecule has 0 aromatic rings. The zero-order chi connectivity index (χ0) is 10.9. The Morgan fingerprint density at radius 1 is 1.47 bits per heavy atom. The summed E-state index contributed by atoms with van der Waals surface area (Å²) in [5, 5.41) is 9.50. The number of hydrogen-bond acceptors (Lipinski definition) is 1. The minimum atomic E-state index is -0.566. The highest BCUT2D eigenvalue weighted by Gasteiger charge is 2.48. The number of carbonyl (C=O) groups is 1. The van der Waals surface area contributed by atoms with Gasteiger partial charge in [0.25, 0.3) is 0 Å². The lowest BCUT2D eigenvalue weighted by molar-refractivity contribution is -0.151. The van der Waals surface area contributed by atoms with Crippen molar-refractivity contribution in [1.29, 1.82) is 0 Å².